The maximum absolute atomic E-state index is 12.7. The van der Waals surface area contributed by atoms with Crippen LogP contribution >= 0.6 is 11.3 Å². The number of rotatable bonds is 5. The molecule has 1 aliphatic carbocycles. The van der Waals surface area contributed by atoms with E-state index < -0.39 is 6.04 Å². The summed E-state index contributed by atoms with van der Waals surface area (Å²) < 4.78 is 0. The van der Waals surface area contributed by atoms with E-state index in [2.05, 4.69) is 15.6 Å². The van der Waals surface area contributed by atoms with Gasteiger partial charge in [-0.3, -0.25) is 14.4 Å². The normalized spacial score (nSPS) is 18.8. The Kier molecular flexibility index (Phi) is 3.96. The predicted molar refractivity (Wildman–Crippen MR) is 92.1 cm³/mol. The fourth-order valence-corrected chi connectivity index (χ4v) is 3.59. The van der Waals surface area contributed by atoms with E-state index in [0.717, 1.165) is 12.8 Å². The minimum absolute atomic E-state index is 0.106. The molecule has 4 rings (SSSR count). The molecule has 0 spiro atoms. The van der Waals surface area contributed by atoms with Crippen molar-refractivity contribution in [2.45, 2.75) is 24.9 Å². The quantitative estimate of drug-likeness (QED) is 0.850. The summed E-state index contributed by atoms with van der Waals surface area (Å²) in [6.45, 7) is -0.163. The first-order chi connectivity index (χ1) is 12.1. The summed E-state index contributed by atoms with van der Waals surface area (Å²) >= 11 is 1.31. The highest BCUT2D eigenvalue weighted by molar-refractivity contribution is 7.13. The second kappa shape index (κ2) is 6.29. The van der Waals surface area contributed by atoms with Gasteiger partial charge in [0.15, 0.2) is 5.13 Å². The summed E-state index contributed by atoms with van der Waals surface area (Å²) in [5.74, 6) is -0.788. The van der Waals surface area contributed by atoms with Crippen molar-refractivity contribution in [2.24, 2.45) is 0 Å². The molecule has 2 aromatic rings. The molecule has 1 aromatic heterocycles. The zero-order valence-electron chi connectivity index (χ0n) is 13.3. The lowest BCUT2D eigenvalue weighted by Gasteiger charge is -2.24. The van der Waals surface area contributed by atoms with Gasteiger partial charge in [0.05, 0.1) is 6.54 Å². The third-order valence-corrected chi connectivity index (χ3v) is 4.98. The highest BCUT2D eigenvalue weighted by Crippen LogP contribution is 2.41. The number of fused-ring (bicyclic) bond motifs is 1. The average molecular weight is 356 g/mol. The lowest BCUT2D eigenvalue weighted by molar-refractivity contribution is -0.127. The molecule has 7 nitrogen and oxygen atoms in total. The van der Waals surface area contributed by atoms with Gasteiger partial charge in [-0.05, 0) is 24.5 Å². The molecule has 2 N–H and O–H groups in total. The summed E-state index contributed by atoms with van der Waals surface area (Å²) in [5.41, 5.74) is 1.28. The molecule has 1 saturated carbocycles. The second-order valence-corrected chi connectivity index (χ2v) is 6.93. The Morgan fingerprint density at radius 2 is 2.08 bits per heavy atom. The topological polar surface area (TPSA) is 91.4 Å². The lowest BCUT2D eigenvalue weighted by Crippen LogP contribution is -2.42. The standard InChI is InChI=1S/C17H16N4O3S/c22-13(20-17-18-7-8-25-17)9-19-15(23)14-11-3-1-2-4-12(11)16(24)21(14)10-5-6-10/h1-4,7-8,10,14H,5-6,9H2,(H,19,23)(H,18,20,22). The Hall–Kier alpha value is -2.74. The summed E-state index contributed by atoms with van der Waals surface area (Å²) in [6.07, 6.45) is 3.41. The van der Waals surface area contributed by atoms with Gasteiger partial charge in [-0.1, -0.05) is 18.2 Å². The van der Waals surface area contributed by atoms with Crippen LogP contribution in [0.5, 0.6) is 0 Å². The van der Waals surface area contributed by atoms with E-state index in [0.29, 0.717) is 16.3 Å². The van der Waals surface area contributed by atoms with Crippen molar-refractivity contribution in [2.75, 3.05) is 11.9 Å². The van der Waals surface area contributed by atoms with Gasteiger partial charge in [-0.15, -0.1) is 11.3 Å². The fraction of sp³-hybridized carbons (Fsp3) is 0.294. The number of nitrogens with zero attached hydrogens (tertiary/aromatic N) is 2. The van der Waals surface area contributed by atoms with Gasteiger partial charge in [-0.2, -0.15) is 0 Å². The lowest BCUT2D eigenvalue weighted by atomic mass is 10.0. The van der Waals surface area contributed by atoms with E-state index in [-0.39, 0.29) is 30.3 Å². The molecule has 2 heterocycles. The third kappa shape index (κ3) is 3.00. The number of hydrogen-bond acceptors (Lipinski definition) is 5. The van der Waals surface area contributed by atoms with Gasteiger partial charge in [0.1, 0.15) is 6.04 Å². The highest BCUT2D eigenvalue weighted by atomic mass is 32.1. The molecule has 1 unspecified atom stereocenters. The van der Waals surface area contributed by atoms with E-state index >= 15 is 0 Å². The Morgan fingerprint density at radius 3 is 2.80 bits per heavy atom. The maximum atomic E-state index is 12.7. The van der Waals surface area contributed by atoms with Gasteiger partial charge in [0.25, 0.3) is 5.91 Å². The van der Waals surface area contributed by atoms with E-state index in [9.17, 15) is 14.4 Å². The van der Waals surface area contributed by atoms with Crippen LogP contribution in [0.15, 0.2) is 35.8 Å². The summed E-state index contributed by atoms with van der Waals surface area (Å²) in [5, 5.41) is 7.50. The largest absolute Gasteiger partial charge is 0.345 e. The van der Waals surface area contributed by atoms with Crippen LogP contribution in [0, 0.1) is 0 Å². The minimum atomic E-state index is -0.663. The third-order valence-electron chi connectivity index (χ3n) is 4.29. The molecular weight excluding hydrogens is 340 g/mol. The van der Waals surface area contributed by atoms with Crippen LogP contribution < -0.4 is 10.6 Å². The van der Waals surface area contributed by atoms with Gasteiger partial charge < -0.3 is 15.5 Å². The molecule has 128 valence electrons. The Bertz CT molecular complexity index is 832. The van der Waals surface area contributed by atoms with Crippen LogP contribution in [-0.2, 0) is 9.59 Å². The molecule has 1 aromatic carbocycles. The predicted octanol–water partition coefficient (Wildman–Crippen LogP) is 1.56. The van der Waals surface area contributed by atoms with Crippen LogP contribution in [0.2, 0.25) is 0 Å². The van der Waals surface area contributed by atoms with Crippen LogP contribution in [0.25, 0.3) is 0 Å². The number of thiazole rings is 1. The van der Waals surface area contributed by atoms with Crippen LogP contribution in [-0.4, -0.2) is 40.2 Å². The van der Waals surface area contributed by atoms with E-state index in [1.165, 1.54) is 11.3 Å². The first-order valence-corrected chi connectivity index (χ1v) is 8.92. The van der Waals surface area contributed by atoms with Crippen molar-refractivity contribution in [3.8, 4) is 0 Å². The first kappa shape index (κ1) is 15.8. The summed E-state index contributed by atoms with van der Waals surface area (Å²) in [6, 6.07) is 6.61. The number of nitrogens with one attached hydrogen (secondary N) is 2. The van der Waals surface area contributed by atoms with E-state index in [4.69, 9.17) is 0 Å². The molecule has 8 heteroatoms. The van der Waals surface area contributed by atoms with Crippen LogP contribution in [0.4, 0.5) is 5.13 Å². The number of anilines is 1. The van der Waals surface area contributed by atoms with Crippen molar-refractivity contribution < 1.29 is 14.4 Å². The van der Waals surface area contributed by atoms with Gasteiger partial charge >= 0.3 is 0 Å². The Balaban J connectivity index is 1.46. The number of amides is 3. The molecule has 0 radical (unpaired) electrons. The molecule has 0 saturated heterocycles. The molecule has 1 fully saturated rings. The molecule has 0 bridgehead atoms. The molecular formula is C17H16N4O3S. The van der Waals surface area contributed by atoms with Crippen molar-refractivity contribution >= 4 is 34.2 Å². The minimum Gasteiger partial charge on any atom is -0.345 e. The Labute approximate surface area is 148 Å². The van der Waals surface area contributed by atoms with E-state index in [1.54, 1.807) is 34.7 Å². The zero-order valence-corrected chi connectivity index (χ0v) is 14.1. The number of hydrogen-bond donors (Lipinski definition) is 2. The van der Waals surface area contributed by atoms with Crippen LogP contribution in [0.3, 0.4) is 0 Å². The molecule has 1 atom stereocenters. The van der Waals surface area contributed by atoms with E-state index in [1.807, 2.05) is 6.07 Å². The number of benzene rings is 1. The summed E-state index contributed by atoms with van der Waals surface area (Å²) in [7, 11) is 0. The van der Waals surface area contributed by atoms with Crippen molar-refractivity contribution in [1.29, 1.82) is 0 Å². The fourth-order valence-electron chi connectivity index (χ4n) is 3.05. The highest BCUT2D eigenvalue weighted by Gasteiger charge is 2.47. The number of carbonyl (C=O) groups is 3. The van der Waals surface area contributed by atoms with Crippen LogP contribution in [0.1, 0.15) is 34.8 Å². The summed E-state index contributed by atoms with van der Waals surface area (Å²) in [4.78, 5) is 42.9. The van der Waals surface area contributed by atoms with Crippen molar-refractivity contribution in [3.05, 3.63) is 47.0 Å². The maximum Gasteiger partial charge on any atom is 0.255 e. The Morgan fingerprint density at radius 1 is 1.28 bits per heavy atom. The smallest absolute Gasteiger partial charge is 0.255 e. The SMILES string of the molecule is O=C(CNC(=O)C1c2ccccc2C(=O)N1C1CC1)Nc1nccs1. The number of aromatic nitrogens is 1. The van der Waals surface area contributed by atoms with Gasteiger partial charge in [0, 0.05) is 23.2 Å². The number of carbonyl (C=O) groups excluding carboxylic acids is 3. The molecule has 3 amide bonds. The average Bonchev–Trinajstić information content (AvgIpc) is 3.24. The first-order valence-electron chi connectivity index (χ1n) is 8.04. The van der Waals surface area contributed by atoms with Crippen molar-refractivity contribution in [3.63, 3.8) is 0 Å². The molecule has 1 aliphatic heterocycles. The molecule has 2 aliphatic rings. The van der Waals surface area contributed by atoms with Crippen molar-refractivity contribution in [1.82, 2.24) is 15.2 Å². The monoisotopic (exact) mass is 356 g/mol. The second-order valence-electron chi connectivity index (χ2n) is 6.04. The van der Waals surface area contributed by atoms with Gasteiger partial charge in [-0.25, -0.2) is 4.98 Å². The van der Waals surface area contributed by atoms with Gasteiger partial charge in [0.2, 0.25) is 11.8 Å². The molecule has 25 heavy (non-hydrogen) atoms. The zero-order chi connectivity index (χ0) is 17.4.